The maximum Gasteiger partial charge on any atom is 0.597 e. The molecule has 5 rings (SSSR count). The van der Waals surface area contributed by atoms with Crippen LogP contribution in [0.5, 0.6) is 0 Å². The molecule has 0 unspecified atom stereocenters. The first kappa shape index (κ1) is 24.3. The van der Waals surface area contributed by atoms with Crippen LogP contribution in [0, 0.1) is 41.5 Å². The van der Waals surface area contributed by atoms with Crippen molar-refractivity contribution in [3.8, 4) is 0 Å². The van der Waals surface area contributed by atoms with E-state index in [4.69, 9.17) is 0 Å². The minimum Gasteiger partial charge on any atom is -0.134 e. The molecule has 3 nitrogen and oxygen atoms in total. The average molecular weight is 494 g/mol. The van der Waals surface area contributed by atoms with Crippen molar-refractivity contribution >= 4 is 19.5 Å². The van der Waals surface area contributed by atoms with Gasteiger partial charge in [-0.3, -0.25) is 0 Å². The molecule has 0 radical (unpaired) electrons. The van der Waals surface area contributed by atoms with Gasteiger partial charge >= 0.3 is 8.10 Å². The smallest absolute Gasteiger partial charge is 0.134 e. The van der Waals surface area contributed by atoms with Gasteiger partial charge in [0.25, 0.3) is 0 Å². The third kappa shape index (κ3) is 4.12. The van der Waals surface area contributed by atoms with Crippen molar-refractivity contribution in [3.05, 3.63) is 129 Å². The highest BCUT2D eigenvalue weighted by molar-refractivity contribution is 7.49. The highest BCUT2D eigenvalue weighted by atomic mass is 31.1. The summed E-state index contributed by atoms with van der Waals surface area (Å²) in [7, 11) is -1.94. The van der Waals surface area contributed by atoms with E-state index < -0.39 is 8.10 Å². The molecule has 1 saturated heterocycles. The molecule has 0 spiro atoms. The molecule has 2 atom stereocenters. The van der Waals surface area contributed by atoms with Crippen LogP contribution < -0.4 is 9.34 Å². The van der Waals surface area contributed by atoms with Crippen LogP contribution in [-0.4, -0.2) is 0 Å². The van der Waals surface area contributed by atoms with Gasteiger partial charge in [-0.25, -0.2) is 0 Å². The Labute approximate surface area is 216 Å². The van der Waals surface area contributed by atoms with Gasteiger partial charge in [0.1, 0.15) is 12.1 Å². The van der Waals surface area contributed by atoms with Crippen LogP contribution in [0.1, 0.15) is 56.6 Å². The van der Waals surface area contributed by atoms with Gasteiger partial charge in [0.15, 0.2) is 0 Å². The Morgan fingerprint density at radius 1 is 0.528 bits per heavy atom. The number of hydrogen-bond acceptors (Lipinski definition) is 1. The number of anilines is 2. The first-order chi connectivity index (χ1) is 17.3. The Bertz CT molecular complexity index is 1280. The molecular weight excluding hydrogens is 459 g/mol. The molecule has 0 aromatic heterocycles. The van der Waals surface area contributed by atoms with Gasteiger partial charge in [0.05, 0.1) is 11.4 Å². The third-order valence-electron chi connectivity index (χ3n) is 7.21. The second-order valence-electron chi connectivity index (χ2n) is 10.1. The summed E-state index contributed by atoms with van der Waals surface area (Å²) in [5.41, 5.74) is 11.5. The van der Waals surface area contributed by atoms with Crippen molar-refractivity contribution in [1.29, 1.82) is 0 Å². The Balaban J connectivity index is 1.83. The van der Waals surface area contributed by atoms with E-state index in [1.165, 1.54) is 22.3 Å². The zero-order chi connectivity index (χ0) is 25.6. The van der Waals surface area contributed by atoms with E-state index in [0.717, 1.165) is 33.6 Å². The standard InChI is InChI=1S/C32H34N2OP/c1-21-17-23(3)29(24(4)18-21)33-31(27-13-9-7-10-14-27)32(28-15-11-8-12-16-28)34(36(33)35)30-25(5)19-22(2)20-26(30)6/h7-20,31-32H,1-6H3/q+1/t31-,32-/m0/s1. The lowest BCUT2D eigenvalue weighted by Crippen LogP contribution is -2.25. The Hall–Kier alpha value is -3.42. The van der Waals surface area contributed by atoms with Gasteiger partial charge in [0.2, 0.25) is 0 Å². The number of nitrogens with zero attached hydrogens (tertiary/aromatic N) is 2. The molecule has 1 heterocycles. The van der Waals surface area contributed by atoms with Crippen molar-refractivity contribution in [2.75, 3.05) is 9.34 Å². The quantitative estimate of drug-likeness (QED) is 0.265. The molecule has 0 bridgehead atoms. The fourth-order valence-electron chi connectivity index (χ4n) is 6.05. The molecule has 4 aromatic rings. The summed E-state index contributed by atoms with van der Waals surface area (Å²) >= 11 is 0. The Morgan fingerprint density at radius 3 is 1.14 bits per heavy atom. The van der Waals surface area contributed by atoms with Crippen molar-refractivity contribution in [1.82, 2.24) is 0 Å². The monoisotopic (exact) mass is 493 g/mol. The number of hydrogen-bond donors (Lipinski definition) is 0. The SMILES string of the molecule is Cc1cc(C)c(N2[C@@H](c3ccccc3)[C@H](c3ccccc3)N(c3c(C)cc(C)cc3C)[P+]2=O)c(C)c1. The second kappa shape index (κ2) is 9.56. The second-order valence-corrected chi connectivity index (χ2v) is 11.5. The van der Waals surface area contributed by atoms with E-state index in [-0.39, 0.29) is 12.1 Å². The molecule has 0 N–H and O–H groups in total. The minimum atomic E-state index is -1.94. The molecule has 4 aromatic carbocycles. The van der Waals surface area contributed by atoms with Crippen molar-refractivity contribution < 1.29 is 4.57 Å². The van der Waals surface area contributed by atoms with E-state index in [1.807, 2.05) is 0 Å². The number of aryl methyl sites for hydroxylation is 6. The molecule has 1 aliphatic heterocycles. The molecule has 182 valence electrons. The lowest BCUT2D eigenvalue weighted by atomic mass is 9.91. The summed E-state index contributed by atoms with van der Waals surface area (Å²) in [5, 5.41) is 0. The Morgan fingerprint density at radius 2 is 0.833 bits per heavy atom. The maximum absolute atomic E-state index is 14.9. The van der Waals surface area contributed by atoms with Crippen LogP contribution in [0.25, 0.3) is 0 Å². The molecule has 0 aliphatic carbocycles. The van der Waals surface area contributed by atoms with Gasteiger partial charge in [-0.2, -0.15) is 0 Å². The number of rotatable bonds is 4. The summed E-state index contributed by atoms with van der Waals surface area (Å²) in [6.45, 7) is 12.8. The van der Waals surface area contributed by atoms with Crippen molar-refractivity contribution in [3.63, 3.8) is 0 Å². The van der Waals surface area contributed by atoms with E-state index in [0.29, 0.717) is 0 Å². The van der Waals surface area contributed by atoms with Crippen LogP contribution in [-0.2, 0) is 4.57 Å². The third-order valence-corrected chi connectivity index (χ3v) is 8.84. The van der Waals surface area contributed by atoms with E-state index in [1.54, 1.807) is 0 Å². The lowest BCUT2D eigenvalue weighted by molar-refractivity contribution is 0.587. The molecule has 4 heteroatoms. The summed E-state index contributed by atoms with van der Waals surface area (Å²) in [5.74, 6) is 0. The van der Waals surface area contributed by atoms with Gasteiger partial charge in [0, 0.05) is 0 Å². The van der Waals surface area contributed by atoms with Gasteiger partial charge in [-0.05, 0) is 79.5 Å². The van der Waals surface area contributed by atoms with Crippen LogP contribution >= 0.6 is 8.10 Å². The summed E-state index contributed by atoms with van der Waals surface area (Å²) < 4.78 is 19.3. The molecular formula is C32H34N2OP+. The normalized spacial score (nSPS) is 17.7. The number of benzene rings is 4. The summed E-state index contributed by atoms with van der Waals surface area (Å²) in [6.07, 6.45) is 0. The lowest BCUT2D eigenvalue weighted by Gasteiger charge is -2.26. The van der Waals surface area contributed by atoms with Crippen LogP contribution in [0.3, 0.4) is 0 Å². The Kier molecular flexibility index (Phi) is 6.45. The first-order valence-corrected chi connectivity index (χ1v) is 13.8. The van der Waals surface area contributed by atoms with E-state index in [2.05, 4.69) is 136 Å². The topological polar surface area (TPSA) is 23.6 Å². The van der Waals surface area contributed by atoms with Crippen molar-refractivity contribution in [2.45, 2.75) is 53.6 Å². The molecule has 1 fully saturated rings. The fourth-order valence-corrected chi connectivity index (χ4v) is 8.17. The fraction of sp³-hybridized carbons (Fsp3) is 0.250. The molecule has 1 aliphatic rings. The molecule has 0 saturated carbocycles. The van der Waals surface area contributed by atoms with Gasteiger partial charge in [-0.1, -0.05) is 96.1 Å². The van der Waals surface area contributed by atoms with Crippen molar-refractivity contribution in [2.24, 2.45) is 0 Å². The first-order valence-electron chi connectivity index (χ1n) is 12.6. The molecule has 0 amide bonds. The zero-order valence-electron chi connectivity index (χ0n) is 22.0. The molecule has 36 heavy (non-hydrogen) atoms. The maximum atomic E-state index is 14.9. The zero-order valence-corrected chi connectivity index (χ0v) is 22.9. The van der Waals surface area contributed by atoms with E-state index >= 15 is 0 Å². The predicted molar refractivity (Wildman–Crippen MR) is 152 cm³/mol. The average Bonchev–Trinajstić information content (AvgIpc) is 3.11. The van der Waals surface area contributed by atoms with Gasteiger partial charge < -0.3 is 0 Å². The highest BCUT2D eigenvalue weighted by Crippen LogP contribution is 2.63. The summed E-state index contributed by atoms with van der Waals surface area (Å²) in [6, 6.07) is 29.7. The minimum absolute atomic E-state index is 0.113. The van der Waals surface area contributed by atoms with Crippen LogP contribution in [0.4, 0.5) is 11.4 Å². The van der Waals surface area contributed by atoms with Crippen LogP contribution in [0.2, 0.25) is 0 Å². The highest BCUT2D eigenvalue weighted by Gasteiger charge is 2.60. The predicted octanol–water partition coefficient (Wildman–Crippen LogP) is 9.00. The van der Waals surface area contributed by atoms with Crippen LogP contribution in [0.15, 0.2) is 84.9 Å². The summed E-state index contributed by atoms with van der Waals surface area (Å²) in [4.78, 5) is 0. The van der Waals surface area contributed by atoms with E-state index in [9.17, 15) is 4.57 Å². The largest absolute Gasteiger partial charge is 0.597 e. The van der Waals surface area contributed by atoms with Gasteiger partial charge in [-0.15, -0.1) is 9.34 Å².